The highest BCUT2D eigenvalue weighted by atomic mass is 16.1. The number of carbonyl (C=O) groups excluding carboxylic acids is 1. The summed E-state index contributed by atoms with van der Waals surface area (Å²) in [6.07, 6.45) is 4.74. The van der Waals surface area contributed by atoms with Crippen LogP contribution in [0.15, 0.2) is 0 Å². The normalized spacial score (nSPS) is 34.1. The minimum Gasteiger partial charge on any atom is -0.355 e. The number of carbonyl (C=O) groups is 1. The average molecular weight is 281 g/mol. The standard InChI is InChI=1S/C16H31N3O/c1-12-9-16(2,3)10-14(12)19-8-4-5-13(11-19)15(20)18-7-6-17/h12-14H,4-11,17H2,1-3H3,(H,18,20). The first-order valence-corrected chi connectivity index (χ1v) is 8.15. The van der Waals surface area contributed by atoms with Gasteiger partial charge in [-0.1, -0.05) is 20.8 Å². The maximum Gasteiger partial charge on any atom is 0.224 e. The molecule has 0 bridgehead atoms. The zero-order chi connectivity index (χ0) is 14.8. The van der Waals surface area contributed by atoms with Gasteiger partial charge < -0.3 is 11.1 Å². The number of nitrogens with two attached hydrogens (primary N) is 1. The van der Waals surface area contributed by atoms with E-state index in [0.717, 1.165) is 31.8 Å². The Morgan fingerprint density at radius 2 is 2.15 bits per heavy atom. The molecule has 1 saturated heterocycles. The lowest BCUT2D eigenvalue weighted by atomic mass is 9.90. The highest BCUT2D eigenvalue weighted by Gasteiger charge is 2.41. The van der Waals surface area contributed by atoms with E-state index in [1.54, 1.807) is 0 Å². The van der Waals surface area contributed by atoms with Crippen LogP contribution in [0.1, 0.15) is 46.5 Å². The quantitative estimate of drug-likeness (QED) is 0.823. The Morgan fingerprint density at radius 1 is 1.40 bits per heavy atom. The highest BCUT2D eigenvalue weighted by Crippen LogP contribution is 2.44. The Bertz CT molecular complexity index is 343. The second-order valence-corrected chi connectivity index (χ2v) is 7.53. The SMILES string of the molecule is CC1CC(C)(C)CC1N1CCCC(C(=O)NCCN)C1. The van der Waals surface area contributed by atoms with Gasteiger partial charge in [-0.2, -0.15) is 0 Å². The minimum absolute atomic E-state index is 0.159. The third kappa shape index (κ3) is 3.73. The van der Waals surface area contributed by atoms with Crippen LogP contribution in [0.2, 0.25) is 0 Å². The van der Waals surface area contributed by atoms with E-state index in [4.69, 9.17) is 5.73 Å². The van der Waals surface area contributed by atoms with Crippen LogP contribution in [0, 0.1) is 17.3 Å². The van der Waals surface area contributed by atoms with E-state index in [1.165, 1.54) is 12.8 Å². The van der Waals surface area contributed by atoms with Crippen molar-refractivity contribution >= 4 is 5.91 Å². The van der Waals surface area contributed by atoms with Crippen molar-refractivity contribution in [2.75, 3.05) is 26.2 Å². The van der Waals surface area contributed by atoms with E-state index in [0.29, 0.717) is 24.5 Å². The van der Waals surface area contributed by atoms with Gasteiger partial charge in [-0.05, 0) is 43.6 Å². The summed E-state index contributed by atoms with van der Waals surface area (Å²) < 4.78 is 0. The zero-order valence-electron chi connectivity index (χ0n) is 13.3. The molecular weight excluding hydrogens is 250 g/mol. The Morgan fingerprint density at radius 3 is 2.75 bits per heavy atom. The second kappa shape index (κ2) is 6.44. The van der Waals surface area contributed by atoms with Crippen LogP contribution in [-0.2, 0) is 4.79 Å². The van der Waals surface area contributed by atoms with E-state index in [2.05, 4.69) is 31.0 Å². The van der Waals surface area contributed by atoms with Gasteiger partial charge in [0, 0.05) is 25.7 Å². The first-order chi connectivity index (χ1) is 9.43. The fourth-order valence-corrected chi connectivity index (χ4v) is 4.21. The molecule has 0 aromatic rings. The molecular formula is C16H31N3O. The third-order valence-corrected chi connectivity index (χ3v) is 5.03. The lowest BCUT2D eigenvalue weighted by Crippen LogP contribution is -2.48. The van der Waals surface area contributed by atoms with Gasteiger partial charge in [0.1, 0.15) is 0 Å². The van der Waals surface area contributed by atoms with Gasteiger partial charge in [-0.25, -0.2) is 0 Å². The van der Waals surface area contributed by atoms with Crippen molar-refractivity contribution in [2.24, 2.45) is 23.0 Å². The fraction of sp³-hybridized carbons (Fsp3) is 0.938. The predicted octanol–water partition coefficient (Wildman–Crippen LogP) is 1.60. The molecule has 2 fully saturated rings. The topological polar surface area (TPSA) is 58.4 Å². The Balaban J connectivity index is 1.92. The lowest BCUT2D eigenvalue weighted by Gasteiger charge is -2.38. The van der Waals surface area contributed by atoms with Crippen LogP contribution >= 0.6 is 0 Å². The fourth-order valence-electron chi connectivity index (χ4n) is 4.21. The van der Waals surface area contributed by atoms with E-state index in [9.17, 15) is 4.79 Å². The summed E-state index contributed by atoms with van der Waals surface area (Å²) in [5, 5.41) is 2.95. The third-order valence-electron chi connectivity index (χ3n) is 5.03. The summed E-state index contributed by atoms with van der Waals surface area (Å²) in [4.78, 5) is 14.7. The van der Waals surface area contributed by atoms with E-state index in [1.807, 2.05) is 0 Å². The van der Waals surface area contributed by atoms with Crippen molar-refractivity contribution in [3.05, 3.63) is 0 Å². The number of likely N-dealkylation sites (tertiary alicyclic amines) is 1. The molecule has 116 valence electrons. The Labute approximate surface area is 123 Å². The molecule has 0 radical (unpaired) electrons. The van der Waals surface area contributed by atoms with Crippen LogP contribution in [0.5, 0.6) is 0 Å². The van der Waals surface area contributed by atoms with Crippen LogP contribution in [0.4, 0.5) is 0 Å². The molecule has 1 aliphatic heterocycles. The zero-order valence-corrected chi connectivity index (χ0v) is 13.3. The Kier molecular flexibility index (Phi) is 5.08. The molecule has 2 aliphatic rings. The van der Waals surface area contributed by atoms with E-state index in [-0.39, 0.29) is 11.8 Å². The molecule has 3 unspecified atom stereocenters. The first-order valence-electron chi connectivity index (χ1n) is 8.15. The summed E-state index contributed by atoms with van der Waals surface area (Å²) in [5.41, 5.74) is 5.91. The average Bonchev–Trinajstić information content (AvgIpc) is 2.69. The van der Waals surface area contributed by atoms with Crippen molar-refractivity contribution in [1.29, 1.82) is 0 Å². The van der Waals surface area contributed by atoms with Gasteiger partial charge in [0.2, 0.25) is 5.91 Å². The van der Waals surface area contributed by atoms with E-state index < -0.39 is 0 Å². The van der Waals surface area contributed by atoms with Crippen molar-refractivity contribution in [1.82, 2.24) is 10.2 Å². The van der Waals surface area contributed by atoms with Crippen molar-refractivity contribution in [3.63, 3.8) is 0 Å². The molecule has 3 atom stereocenters. The van der Waals surface area contributed by atoms with Gasteiger partial charge in [-0.3, -0.25) is 9.69 Å². The molecule has 0 spiro atoms. The highest BCUT2D eigenvalue weighted by molar-refractivity contribution is 5.78. The van der Waals surface area contributed by atoms with E-state index >= 15 is 0 Å². The van der Waals surface area contributed by atoms with Gasteiger partial charge in [0.15, 0.2) is 0 Å². The predicted molar refractivity (Wildman–Crippen MR) is 82.3 cm³/mol. The van der Waals surface area contributed by atoms with Crippen LogP contribution < -0.4 is 11.1 Å². The molecule has 1 amide bonds. The maximum absolute atomic E-state index is 12.1. The molecule has 2 rings (SSSR count). The number of piperidine rings is 1. The number of hydrogen-bond acceptors (Lipinski definition) is 3. The largest absolute Gasteiger partial charge is 0.355 e. The van der Waals surface area contributed by atoms with Gasteiger partial charge in [-0.15, -0.1) is 0 Å². The molecule has 3 N–H and O–H groups in total. The Hall–Kier alpha value is -0.610. The summed E-state index contributed by atoms with van der Waals surface area (Å²) in [5.74, 6) is 1.10. The first kappa shape index (κ1) is 15.8. The molecule has 1 aliphatic carbocycles. The summed E-state index contributed by atoms with van der Waals surface area (Å²) >= 11 is 0. The van der Waals surface area contributed by atoms with Gasteiger partial charge in [0.25, 0.3) is 0 Å². The van der Waals surface area contributed by atoms with Gasteiger partial charge in [0.05, 0.1) is 5.92 Å². The monoisotopic (exact) mass is 281 g/mol. The van der Waals surface area contributed by atoms with Gasteiger partial charge >= 0.3 is 0 Å². The summed E-state index contributed by atoms with van der Waals surface area (Å²) in [7, 11) is 0. The van der Waals surface area contributed by atoms with Crippen LogP contribution in [0.3, 0.4) is 0 Å². The smallest absolute Gasteiger partial charge is 0.224 e. The molecule has 1 saturated carbocycles. The summed E-state index contributed by atoms with van der Waals surface area (Å²) in [6.45, 7) is 10.3. The minimum atomic E-state index is 0.159. The number of hydrogen-bond donors (Lipinski definition) is 2. The van der Waals surface area contributed by atoms with Crippen molar-refractivity contribution < 1.29 is 4.79 Å². The number of amides is 1. The lowest BCUT2D eigenvalue weighted by molar-refractivity contribution is -0.127. The molecule has 0 aromatic carbocycles. The molecule has 0 aromatic heterocycles. The molecule has 4 nitrogen and oxygen atoms in total. The van der Waals surface area contributed by atoms with Crippen LogP contribution in [-0.4, -0.2) is 43.0 Å². The number of nitrogens with zero attached hydrogens (tertiary/aromatic N) is 1. The number of rotatable bonds is 4. The van der Waals surface area contributed by atoms with Crippen molar-refractivity contribution in [3.8, 4) is 0 Å². The molecule has 20 heavy (non-hydrogen) atoms. The number of nitrogens with one attached hydrogen (secondary N) is 1. The summed E-state index contributed by atoms with van der Waals surface area (Å²) in [6, 6.07) is 0.662. The van der Waals surface area contributed by atoms with Crippen LogP contribution in [0.25, 0.3) is 0 Å². The van der Waals surface area contributed by atoms with Crippen molar-refractivity contribution in [2.45, 2.75) is 52.5 Å². The maximum atomic E-state index is 12.1. The molecule has 1 heterocycles. The molecule has 4 heteroatoms. The second-order valence-electron chi connectivity index (χ2n) is 7.53.